The van der Waals surface area contributed by atoms with Crippen molar-refractivity contribution in [2.75, 3.05) is 20.2 Å². The summed E-state index contributed by atoms with van der Waals surface area (Å²) in [5.41, 5.74) is 2.18. The van der Waals surface area contributed by atoms with Crippen LogP contribution in [-0.4, -0.2) is 57.5 Å². The predicted molar refractivity (Wildman–Crippen MR) is 87.9 cm³/mol. The highest BCUT2D eigenvalue weighted by molar-refractivity contribution is 5.94. The normalized spacial score (nSPS) is 20.0. The first-order chi connectivity index (χ1) is 12.1. The summed E-state index contributed by atoms with van der Waals surface area (Å²) in [6, 6.07) is 7.29. The van der Waals surface area contributed by atoms with Crippen LogP contribution < -0.4 is 0 Å². The summed E-state index contributed by atoms with van der Waals surface area (Å²) >= 11 is 0. The first-order valence-corrected chi connectivity index (χ1v) is 8.03. The van der Waals surface area contributed by atoms with E-state index < -0.39 is 5.97 Å². The second-order valence-electron chi connectivity index (χ2n) is 6.20. The van der Waals surface area contributed by atoms with Crippen LogP contribution >= 0.6 is 0 Å². The number of nitrogens with zero attached hydrogens (tertiary/aromatic N) is 3. The van der Waals surface area contributed by atoms with Gasteiger partial charge in [0.1, 0.15) is 0 Å². The number of carbonyl (C=O) groups excluding carboxylic acids is 1. The van der Waals surface area contributed by atoms with Gasteiger partial charge in [-0.25, -0.2) is 0 Å². The van der Waals surface area contributed by atoms with Gasteiger partial charge in [-0.15, -0.1) is 0 Å². The minimum Gasteiger partial charge on any atom is -0.481 e. The molecule has 2 atom stereocenters. The molecule has 25 heavy (non-hydrogen) atoms. The van der Waals surface area contributed by atoms with Gasteiger partial charge in [-0.2, -0.15) is 15.4 Å². The summed E-state index contributed by atoms with van der Waals surface area (Å²) in [6.07, 6.45) is 1.58. The number of aromatic amines is 1. The van der Waals surface area contributed by atoms with Gasteiger partial charge in [0, 0.05) is 31.7 Å². The fraction of sp³-hybridized carbons (Fsp3) is 0.412. The van der Waals surface area contributed by atoms with Crippen LogP contribution in [0.15, 0.2) is 30.5 Å². The molecule has 1 fully saturated rings. The Morgan fingerprint density at radius 2 is 2.24 bits per heavy atom. The number of carboxylic acid groups (broad SMARTS) is 1. The lowest BCUT2D eigenvalue weighted by molar-refractivity contribution is -0.138. The molecular weight excluding hydrogens is 324 g/mol. The number of rotatable bonds is 6. The highest BCUT2D eigenvalue weighted by Gasteiger charge is 2.38. The van der Waals surface area contributed by atoms with E-state index in [2.05, 4.69) is 15.4 Å². The van der Waals surface area contributed by atoms with Crippen molar-refractivity contribution in [3.8, 4) is 0 Å². The molecule has 0 bridgehead atoms. The summed E-state index contributed by atoms with van der Waals surface area (Å²) in [7, 11) is 1.61. The number of likely N-dealkylation sites (tertiary alicyclic amines) is 1. The van der Waals surface area contributed by atoms with Gasteiger partial charge in [0.2, 0.25) is 0 Å². The Morgan fingerprint density at radius 3 is 2.92 bits per heavy atom. The van der Waals surface area contributed by atoms with Crippen molar-refractivity contribution in [3.05, 3.63) is 47.3 Å². The van der Waals surface area contributed by atoms with E-state index in [1.165, 1.54) is 0 Å². The van der Waals surface area contributed by atoms with Crippen molar-refractivity contribution in [3.63, 3.8) is 0 Å². The van der Waals surface area contributed by atoms with Crippen LogP contribution in [0.25, 0.3) is 0 Å². The van der Waals surface area contributed by atoms with Gasteiger partial charge in [0.05, 0.1) is 24.9 Å². The number of benzene rings is 1. The van der Waals surface area contributed by atoms with E-state index in [1.807, 2.05) is 18.2 Å². The summed E-state index contributed by atoms with van der Waals surface area (Å²) in [6.45, 7) is 1.25. The first kappa shape index (κ1) is 17.1. The van der Waals surface area contributed by atoms with Crippen molar-refractivity contribution in [1.29, 1.82) is 0 Å². The van der Waals surface area contributed by atoms with Crippen LogP contribution in [0, 0.1) is 5.92 Å². The molecule has 1 amide bonds. The minimum atomic E-state index is -0.880. The fourth-order valence-electron chi connectivity index (χ4n) is 3.34. The Balaban J connectivity index is 1.79. The molecule has 8 heteroatoms. The van der Waals surface area contributed by atoms with Crippen molar-refractivity contribution >= 4 is 11.9 Å². The minimum absolute atomic E-state index is 0.00891. The van der Waals surface area contributed by atoms with Crippen molar-refractivity contribution in [2.45, 2.75) is 18.9 Å². The lowest BCUT2D eigenvalue weighted by atomic mass is 9.91. The molecule has 2 N–H and O–H groups in total. The zero-order valence-corrected chi connectivity index (χ0v) is 13.9. The standard InChI is InChI=1S/C17H20N4O4/c1-25-10-11-3-2-4-12(5-11)17(24)21-8-13(6-16(22)23)14(9-21)15-7-18-20-19-15/h2-5,7,13-14H,6,8-10H2,1H3,(H,22,23)(H,18,19,20)/t13-,14+/m1/s1. The van der Waals surface area contributed by atoms with Gasteiger partial charge in [-0.1, -0.05) is 12.1 Å². The molecule has 132 valence electrons. The number of carbonyl (C=O) groups is 2. The van der Waals surface area contributed by atoms with Gasteiger partial charge < -0.3 is 14.7 Å². The Hall–Kier alpha value is -2.74. The molecule has 0 radical (unpaired) electrons. The number of amides is 1. The molecule has 1 aromatic heterocycles. The molecular formula is C17H20N4O4. The first-order valence-electron chi connectivity index (χ1n) is 8.03. The third-order valence-corrected chi connectivity index (χ3v) is 4.46. The molecule has 1 saturated heterocycles. The third kappa shape index (κ3) is 3.85. The highest BCUT2D eigenvalue weighted by atomic mass is 16.5. The molecule has 8 nitrogen and oxygen atoms in total. The summed E-state index contributed by atoms with van der Waals surface area (Å²) in [4.78, 5) is 25.7. The smallest absolute Gasteiger partial charge is 0.303 e. The van der Waals surface area contributed by atoms with Gasteiger partial charge >= 0.3 is 5.97 Å². The number of aliphatic carboxylic acids is 1. The second-order valence-corrected chi connectivity index (χ2v) is 6.20. The second kappa shape index (κ2) is 7.43. The van der Waals surface area contributed by atoms with Crippen LogP contribution in [-0.2, 0) is 16.1 Å². The number of hydrogen-bond donors (Lipinski definition) is 2. The number of hydrogen-bond acceptors (Lipinski definition) is 5. The van der Waals surface area contributed by atoms with Crippen LogP contribution in [0.1, 0.15) is 34.0 Å². The summed E-state index contributed by atoms with van der Waals surface area (Å²) in [5, 5.41) is 19.6. The van der Waals surface area contributed by atoms with Gasteiger partial charge in [0.25, 0.3) is 5.91 Å². The van der Waals surface area contributed by atoms with Crippen molar-refractivity contribution < 1.29 is 19.4 Å². The average Bonchev–Trinajstić information content (AvgIpc) is 3.23. The maximum atomic E-state index is 12.8. The lowest BCUT2D eigenvalue weighted by Crippen LogP contribution is -2.29. The Morgan fingerprint density at radius 1 is 1.40 bits per heavy atom. The average molecular weight is 344 g/mol. The molecule has 0 saturated carbocycles. The fourth-order valence-corrected chi connectivity index (χ4v) is 3.34. The van der Waals surface area contributed by atoms with Crippen LogP contribution in [0.3, 0.4) is 0 Å². The third-order valence-electron chi connectivity index (χ3n) is 4.46. The number of nitrogens with one attached hydrogen (secondary N) is 1. The number of ether oxygens (including phenoxy) is 1. The Labute approximate surface area is 144 Å². The van der Waals surface area contributed by atoms with Gasteiger partial charge in [0.15, 0.2) is 0 Å². The van der Waals surface area contributed by atoms with E-state index in [-0.39, 0.29) is 24.2 Å². The lowest BCUT2D eigenvalue weighted by Gasteiger charge is -2.16. The number of carboxylic acids is 1. The topological polar surface area (TPSA) is 108 Å². The number of H-pyrrole nitrogens is 1. The Kier molecular flexibility index (Phi) is 5.08. The van der Waals surface area contributed by atoms with E-state index in [9.17, 15) is 9.59 Å². The van der Waals surface area contributed by atoms with Crippen LogP contribution in [0.4, 0.5) is 0 Å². The van der Waals surface area contributed by atoms with Crippen LogP contribution in [0.5, 0.6) is 0 Å². The highest BCUT2D eigenvalue weighted by Crippen LogP contribution is 2.34. The largest absolute Gasteiger partial charge is 0.481 e. The van der Waals surface area contributed by atoms with E-state index >= 15 is 0 Å². The molecule has 2 heterocycles. The quantitative estimate of drug-likeness (QED) is 0.817. The molecule has 0 unspecified atom stereocenters. The monoisotopic (exact) mass is 344 g/mol. The van der Waals surface area contributed by atoms with E-state index in [0.29, 0.717) is 31.0 Å². The molecule has 2 aromatic rings. The van der Waals surface area contributed by atoms with Crippen molar-refractivity contribution in [2.24, 2.45) is 5.92 Å². The van der Waals surface area contributed by atoms with Crippen molar-refractivity contribution in [1.82, 2.24) is 20.3 Å². The zero-order valence-electron chi connectivity index (χ0n) is 13.9. The molecule has 0 spiro atoms. The summed E-state index contributed by atoms with van der Waals surface area (Å²) in [5.74, 6) is -1.32. The van der Waals surface area contributed by atoms with Gasteiger partial charge in [-0.05, 0) is 23.6 Å². The predicted octanol–water partition coefficient (Wildman–Crippen LogP) is 1.28. The molecule has 3 rings (SSSR count). The Bertz CT molecular complexity index is 747. The molecule has 0 aliphatic carbocycles. The maximum absolute atomic E-state index is 12.8. The van der Waals surface area contributed by atoms with Gasteiger partial charge in [-0.3, -0.25) is 9.59 Å². The maximum Gasteiger partial charge on any atom is 0.303 e. The van der Waals surface area contributed by atoms with E-state index in [1.54, 1.807) is 24.3 Å². The number of aromatic nitrogens is 3. The molecule has 1 aromatic carbocycles. The summed E-state index contributed by atoms with van der Waals surface area (Å²) < 4.78 is 5.11. The van der Waals surface area contributed by atoms with E-state index in [0.717, 1.165) is 5.56 Å². The molecule has 1 aliphatic heterocycles. The molecule has 1 aliphatic rings. The van der Waals surface area contributed by atoms with E-state index in [4.69, 9.17) is 9.84 Å². The SMILES string of the molecule is COCc1cccc(C(=O)N2C[C@@H](CC(=O)O)[C@@H](c3cn[nH]n3)C2)c1. The zero-order chi connectivity index (χ0) is 17.8. The van der Waals surface area contributed by atoms with Crippen LogP contribution in [0.2, 0.25) is 0 Å². The number of methoxy groups -OCH3 is 1.